The Hall–Kier alpha value is -1.81. The van der Waals surface area contributed by atoms with E-state index < -0.39 is 0 Å². The van der Waals surface area contributed by atoms with Gasteiger partial charge in [-0.1, -0.05) is 17.7 Å². The molecule has 3 rings (SSSR count). The van der Waals surface area contributed by atoms with Crippen molar-refractivity contribution in [1.82, 2.24) is 9.97 Å². The van der Waals surface area contributed by atoms with Crippen LogP contribution in [0.5, 0.6) is 0 Å². The predicted molar refractivity (Wildman–Crippen MR) is 96.9 cm³/mol. The molecule has 1 aromatic heterocycles. The molecule has 0 radical (unpaired) electrons. The van der Waals surface area contributed by atoms with Crippen molar-refractivity contribution >= 4 is 29.1 Å². The van der Waals surface area contributed by atoms with Crippen molar-refractivity contribution in [3.8, 4) is 0 Å². The van der Waals surface area contributed by atoms with Crippen molar-refractivity contribution in [3.63, 3.8) is 0 Å². The summed E-state index contributed by atoms with van der Waals surface area (Å²) < 4.78 is 0. The molecule has 1 aromatic carbocycles. The standard InChI is InChI=1S/C18H23ClN4/c1-11-5-8-13(9-14(11)19)20-16-10-15(12-6-7-12)21-17(22-16)23-18(2,3)4/h5,8-10,12H,6-7H2,1-4H3,(H2,20,21,22,23). The fourth-order valence-electron chi connectivity index (χ4n) is 2.33. The molecule has 0 amide bonds. The fourth-order valence-corrected chi connectivity index (χ4v) is 2.51. The summed E-state index contributed by atoms with van der Waals surface area (Å²) in [6, 6.07) is 7.98. The summed E-state index contributed by atoms with van der Waals surface area (Å²) in [5.74, 6) is 2.04. The van der Waals surface area contributed by atoms with Crippen LogP contribution in [0.4, 0.5) is 17.5 Å². The average molecular weight is 331 g/mol. The monoisotopic (exact) mass is 330 g/mol. The number of rotatable bonds is 4. The summed E-state index contributed by atoms with van der Waals surface area (Å²) in [5, 5.41) is 7.46. The molecule has 0 spiro atoms. The molecule has 0 aliphatic heterocycles. The highest BCUT2D eigenvalue weighted by molar-refractivity contribution is 6.31. The van der Waals surface area contributed by atoms with E-state index in [1.807, 2.05) is 31.2 Å². The number of halogens is 1. The molecule has 0 saturated heterocycles. The highest BCUT2D eigenvalue weighted by atomic mass is 35.5. The van der Waals surface area contributed by atoms with Crippen LogP contribution >= 0.6 is 11.6 Å². The van der Waals surface area contributed by atoms with Gasteiger partial charge in [-0.05, 0) is 58.2 Å². The number of benzene rings is 1. The summed E-state index contributed by atoms with van der Waals surface area (Å²) in [7, 11) is 0. The molecule has 1 saturated carbocycles. The lowest BCUT2D eigenvalue weighted by molar-refractivity contribution is 0.625. The second kappa shape index (κ2) is 6.00. The largest absolute Gasteiger partial charge is 0.350 e. The summed E-state index contributed by atoms with van der Waals surface area (Å²) in [6.07, 6.45) is 2.42. The van der Waals surface area contributed by atoms with Crippen molar-refractivity contribution < 1.29 is 0 Å². The maximum absolute atomic E-state index is 6.21. The smallest absolute Gasteiger partial charge is 0.225 e. The molecule has 23 heavy (non-hydrogen) atoms. The van der Waals surface area contributed by atoms with E-state index in [9.17, 15) is 0 Å². The molecule has 0 atom stereocenters. The lowest BCUT2D eigenvalue weighted by Gasteiger charge is -2.21. The normalized spacial score (nSPS) is 14.7. The zero-order chi connectivity index (χ0) is 16.6. The van der Waals surface area contributed by atoms with Gasteiger partial charge < -0.3 is 10.6 Å². The Morgan fingerprint density at radius 3 is 2.48 bits per heavy atom. The quantitative estimate of drug-likeness (QED) is 0.801. The number of hydrogen-bond donors (Lipinski definition) is 2. The van der Waals surface area contributed by atoms with Gasteiger partial charge in [-0.3, -0.25) is 0 Å². The maximum Gasteiger partial charge on any atom is 0.225 e. The van der Waals surface area contributed by atoms with Gasteiger partial charge in [0.05, 0.1) is 5.69 Å². The number of aryl methyl sites for hydroxylation is 1. The van der Waals surface area contributed by atoms with Gasteiger partial charge in [-0.2, -0.15) is 4.98 Å². The lowest BCUT2D eigenvalue weighted by atomic mass is 10.1. The topological polar surface area (TPSA) is 49.8 Å². The van der Waals surface area contributed by atoms with Gasteiger partial charge in [0.1, 0.15) is 5.82 Å². The average Bonchev–Trinajstić information content (AvgIpc) is 3.25. The van der Waals surface area contributed by atoms with Crippen LogP contribution in [0.15, 0.2) is 24.3 Å². The minimum atomic E-state index is -0.0768. The van der Waals surface area contributed by atoms with Gasteiger partial charge in [0.25, 0.3) is 0 Å². The Balaban J connectivity index is 1.89. The Morgan fingerprint density at radius 1 is 1.13 bits per heavy atom. The second-order valence-corrected chi connectivity index (χ2v) is 7.65. The Bertz CT molecular complexity index is 717. The van der Waals surface area contributed by atoms with Gasteiger partial charge in [0.2, 0.25) is 5.95 Å². The van der Waals surface area contributed by atoms with Crippen LogP contribution in [0, 0.1) is 6.92 Å². The number of nitrogens with one attached hydrogen (secondary N) is 2. The van der Waals surface area contributed by atoms with E-state index in [4.69, 9.17) is 11.6 Å². The summed E-state index contributed by atoms with van der Waals surface area (Å²) in [5.41, 5.74) is 3.02. The third-order valence-electron chi connectivity index (χ3n) is 3.67. The first kappa shape index (κ1) is 16.1. The number of nitrogens with zero attached hydrogens (tertiary/aromatic N) is 2. The van der Waals surface area contributed by atoms with Crippen molar-refractivity contribution in [3.05, 3.63) is 40.5 Å². The molecule has 1 aliphatic carbocycles. The first-order chi connectivity index (χ1) is 10.8. The summed E-state index contributed by atoms with van der Waals surface area (Å²) >= 11 is 6.21. The van der Waals surface area contributed by atoms with Crippen molar-refractivity contribution in [2.24, 2.45) is 0 Å². The molecular formula is C18H23ClN4. The van der Waals surface area contributed by atoms with Gasteiger partial charge >= 0.3 is 0 Å². The molecule has 5 heteroatoms. The van der Waals surface area contributed by atoms with Crippen LogP contribution in [-0.4, -0.2) is 15.5 Å². The molecule has 122 valence electrons. The zero-order valence-electron chi connectivity index (χ0n) is 14.1. The van der Waals surface area contributed by atoms with E-state index in [2.05, 4.69) is 41.4 Å². The van der Waals surface area contributed by atoms with Crippen LogP contribution < -0.4 is 10.6 Å². The Labute approximate surface area is 142 Å². The van der Waals surface area contributed by atoms with E-state index >= 15 is 0 Å². The van der Waals surface area contributed by atoms with Gasteiger partial charge in [0, 0.05) is 28.2 Å². The number of aromatic nitrogens is 2. The molecule has 0 unspecified atom stereocenters. The first-order valence-corrected chi connectivity index (χ1v) is 8.38. The van der Waals surface area contributed by atoms with E-state index in [1.165, 1.54) is 12.8 Å². The van der Waals surface area contributed by atoms with Crippen LogP contribution in [0.25, 0.3) is 0 Å². The lowest BCUT2D eigenvalue weighted by Crippen LogP contribution is -2.27. The van der Waals surface area contributed by atoms with Crippen LogP contribution in [0.2, 0.25) is 5.02 Å². The molecule has 4 nitrogen and oxygen atoms in total. The second-order valence-electron chi connectivity index (χ2n) is 7.24. The molecule has 1 heterocycles. The number of anilines is 3. The molecular weight excluding hydrogens is 308 g/mol. The minimum absolute atomic E-state index is 0.0768. The van der Waals surface area contributed by atoms with Crippen molar-refractivity contribution in [1.29, 1.82) is 0 Å². The third-order valence-corrected chi connectivity index (χ3v) is 4.08. The molecule has 0 bridgehead atoms. The minimum Gasteiger partial charge on any atom is -0.350 e. The molecule has 2 aromatic rings. The van der Waals surface area contributed by atoms with Crippen LogP contribution in [0.1, 0.15) is 50.8 Å². The highest BCUT2D eigenvalue weighted by Crippen LogP contribution is 2.40. The summed E-state index contributed by atoms with van der Waals surface area (Å²) in [6.45, 7) is 8.31. The Morgan fingerprint density at radius 2 is 1.87 bits per heavy atom. The maximum atomic E-state index is 6.21. The zero-order valence-corrected chi connectivity index (χ0v) is 14.8. The van der Waals surface area contributed by atoms with Gasteiger partial charge in [0.15, 0.2) is 0 Å². The fraction of sp³-hybridized carbons (Fsp3) is 0.444. The van der Waals surface area contributed by atoms with Gasteiger partial charge in [-0.25, -0.2) is 4.98 Å². The van der Waals surface area contributed by atoms with Gasteiger partial charge in [-0.15, -0.1) is 0 Å². The highest BCUT2D eigenvalue weighted by Gasteiger charge is 2.26. The molecule has 2 N–H and O–H groups in total. The van der Waals surface area contributed by atoms with E-state index in [-0.39, 0.29) is 5.54 Å². The molecule has 1 fully saturated rings. The van der Waals surface area contributed by atoms with Crippen LogP contribution in [0.3, 0.4) is 0 Å². The molecule has 1 aliphatic rings. The first-order valence-electron chi connectivity index (χ1n) is 8.00. The summed E-state index contributed by atoms with van der Waals surface area (Å²) in [4.78, 5) is 9.27. The van der Waals surface area contributed by atoms with Crippen molar-refractivity contribution in [2.75, 3.05) is 10.6 Å². The SMILES string of the molecule is Cc1ccc(Nc2cc(C3CC3)nc(NC(C)(C)C)n2)cc1Cl. The van der Waals surface area contributed by atoms with E-state index in [1.54, 1.807) is 0 Å². The van der Waals surface area contributed by atoms with Crippen molar-refractivity contribution in [2.45, 2.75) is 52.0 Å². The Kier molecular flexibility index (Phi) is 4.19. The van der Waals surface area contributed by atoms with E-state index in [0.717, 1.165) is 27.8 Å². The van der Waals surface area contributed by atoms with E-state index in [0.29, 0.717) is 11.9 Å². The number of hydrogen-bond acceptors (Lipinski definition) is 4. The van der Waals surface area contributed by atoms with Crippen LogP contribution in [-0.2, 0) is 0 Å². The third kappa shape index (κ3) is 4.35. The predicted octanol–water partition coefficient (Wildman–Crippen LogP) is 5.27.